The second-order valence-electron chi connectivity index (χ2n) is 3.54. The van der Waals surface area contributed by atoms with Crippen LogP contribution in [0.5, 0.6) is 0 Å². The highest BCUT2D eigenvalue weighted by molar-refractivity contribution is 9.10. The van der Waals surface area contributed by atoms with E-state index in [1.165, 1.54) is 6.07 Å². The van der Waals surface area contributed by atoms with Crippen LogP contribution < -0.4 is 5.32 Å². The highest BCUT2D eigenvalue weighted by atomic mass is 79.9. The van der Waals surface area contributed by atoms with Gasteiger partial charge in [-0.05, 0) is 18.6 Å². The van der Waals surface area contributed by atoms with E-state index in [0.29, 0.717) is 29.9 Å². The number of rotatable bonds is 8. The molecule has 98 valence electrons. The van der Waals surface area contributed by atoms with Crippen molar-refractivity contribution in [2.24, 2.45) is 0 Å². The molecule has 5 nitrogen and oxygen atoms in total. The topological polar surface area (TPSA) is 64.4 Å². The highest BCUT2D eigenvalue weighted by Crippen LogP contribution is 2.27. The summed E-state index contributed by atoms with van der Waals surface area (Å²) in [5.74, 6) is 0. The second-order valence-corrected chi connectivity index (χ2v) is 4.45. The lowest BCUT2D eigenvalue weighted by Gasteiger charge is -2.07. The van der Waals surface area contributed by atoms with Crippen molar-refractivity contribution in [3.8, 4) is 0 Å². The molecule has 0 amide bonds. The molecular weight excluding hydrogens is 300 g/mol. The van der Waals surface area contributed by atoms with Crippen molar-refractivity contribution >= 4 is 27.3 Å². The largest absolute Gasteiger partial charge is 0.379 e. The maximum Gasteiger partial charge on any atom is 0.293 e. The molecule has 0 atom stereocenters. The first kappa shape index (κ1) is 14.7. The smallest absolute Gasteiger partial charge is 0.293 e. The fourth-order valence-electron chi connectivity index (χ4n) is 1.33. The summed E-state index contributed by atoms with van der Waals surface area (Å²) in [6.45, 7) is 5.24. The van der Waals surface area contributed by atoms with Gasteiger partial charge >= 0.3 is 0 Å². The standard InChI is InChI=1S/C12H15BrN2O3/c1-2-3-7-18-8-6-14-11-5-4-10(13)9-12(11)15(16)17/h2,4-5,9,14H,1,3,6-8H2. The number of nitrogens with zero attached hydrogens (tertiary/aromatic N) is 1. The first-order valence-electron chi connectivity index (χ1n) is 5.51. The summed E-state index contributed by atoms with van der Waals surface area (Å²) in [5.41, 5.74) is 0.547. The summed E-state index contributed by atoms with van der Waals surface area (Å²) in [4.78, 5) is 10.4. The molecule has 1 rings (SSSR count). The Morgan fingerprint density at radius 1 is 1.50 bits per heavy atom. The van der Waals surface area contributed by atoms with Crippen LogP contribution in [-0.4, -0.2) is 24.7 Å². The number of nitrogens with one attached hydrogen (secondary N) is 1. The van der Waals surface area contributed by atoms with E-state index < -0.39 is 4.92 Å². The van der Waals surface area contributed by atoms with Gasteiger partial charge in [0.1, 0.15) is 5.69 Å². The molecule has 0 aliphatic heterocycles. The number of halogens is 1. The maximum absolute atomic E-state index is 10.9. The van der Waals surface area contributed by atoms with Crippen molar-refractivity contribution in [2.75, 3.05) is 25.1 Å². The lowest BCUT2D eigenvalue weighted by Crippen LogP contribution is -2.11. The Labute approximate surface area is 114 Å². The third-order valence-electron chi connectivity index (χ3n) is 2.18. The molecule has 0 aliphatic rings. The van der Waals surface area contributed by atoms with Crippen LogP contribution in [0.25, 0.3) is 0 Å². The fraction of sp³-hybridized carbons (Fsp3) is 0.333. The van der Waals surface area contributed by atoms with Crippen molar-refractivity contribution in [3.63, 3.8) is 0 Å². The average molecular weight is 315 g/mol. The molecule has 0 fully saturated rings. The molecule has 0 saturated heterocycles. The van der Waals surface area contributed by atoms with Crippen molar-refractivity contribution in [3.05, 3.63) is 45.4 Å². The Kier molecular flexibility index (Phi) is 6.38. The first-order valence-corrected chi connectivity index (χ1v) is 6.31. The number of ether oxygens (including phenoxy) is 1. The summed E-state index contributed by atoms with van der Waals surface area (Å²) < 4.78 is 5.99. The Hall–Kier alpha value is -1.40. The van der Waals surface area contributed by atoms with Crippen molar-refractivity contribution in [1.82, 2.24) is 0 Å². The van der Waals surface area contributed by atoms with E-state index in [4.69, 9.17) is 4.74 Å². The van der Waals surface area contributed by atoms with Gasteiger partial charge in [-0.2, -0.15) is 0 Å². The minimum absolute atomic E-state index is 0.0514. The summed E-state index contributed by atoms with van der Waals surface area (Å²) in [7, 11) is 0. The van der Waals surface area contributed by atoms with Crippen molar-refractivity contribution in [1.29, 1.82) is 0 Å². The number of nitro groups is 1. The van der Waals surface area contributed by atoms with Crippen LogP contribution in [0.2, 0.25) is 0 Å². The summed E-state index contributed by atoms with van der Waals surface area (Å²) >= 11 is 3.21. The van der Waals surface area contributed by atoms with E-state index in [1.54, 1.807) is 18.2 Å². The molecule has 0 aliphatic carbocycles. The minimum atomic E-state index is -0.411. The molecular formula is C12H15BrN2O3. The zero-order valence-corrected chi connectivity index (χ0v) is 11.5. The number of nitro benzene ring substituents is 1. The lowest BCUT2D eigenvalue weighted by molar-refractivity contribution is -0.384. The predicted molar refractivity (Wildman–Crippen MR) is 74.9 cm³/mol. The van der Waals surface area contributed by atoms with Crippen molar-refractivity contribution in [2.45, 2.75) is 6.42 Å². The van der Waals surface area contributed by atoms with Crippen LogP contribution in [0.15, 0.2) is 35.3 Å². The van der Waals surface area contributed by atoms with Gasteiger partial charge in [0.2, 0.25) is 0 Å². The quantitative estimate of drug-likeness (QED) is 0.346. The third kappa shape index (κ3) is 4.85. The molecule has 1 N–H and O–H groups in total. The van der Waals surface area contributed by atoms with Crippen LogP contribution >= 0.6 is 15.9 Å². The number of anilines is 1. The number of hydrogen-bond donors (Lipinski definition) is 1. The van der Waals surface area contributed by atoms with E-state index >= 15 is 0 Å². The highest BCUT2D eigenvalue weighted by Gasteiger charge is 2.13. The Balaban J connectivity index is 2.46. The lowest BCUT2D eigenvalue weighted by atomic mass is 10.2. The van der Waals surface area contributed by atoms with Gasteiger partial charge in [-0.25, -0.2) is 0 Å². The van der Waals surface area contributed by atoms with Gasteiger partial charge in [-0.3, -0.25) is 10.1 Å². The van der Waals surface area contributed by atoms with Gasteiger partial charge in [-0.1, -0.05) is 22.0 Å². The van der Waals surface area contributed by atoms with Gasteiger partial charge in [0, 0.05) is 17.1 Å². The van der Waals surface area contributed by atoms with Crippen LogP contribution in [0, 0.1) is 10.1 Å². The summed E-state index contributed by atoms with van der Waals surface area (Å²) in [5, 5.41) is 13.8. The van der Waals surface area contributed by atoms with E-state index in [-0.39, 0.29) is 5.69 Å². The van der Waals surface area contributed by atoms with Crippen LogP contribution in [0.1, 0.15) is 6.42 Å². The second kappa shape index (κ2) is 7.84. The zero-order valence-electron chi connectivity index (χ0n) is 9.89. The molecule has 0 radical (unpaired) electrons. The third-order valence-corrected chi connectivity index (χ3v) is 2.68. The van der Waals surface area contributed by atoms with Crippen LogP contribution in [0.3, 0.4) is 0 Å². The van der Waals surface area contributed by atoms with Crippen molar-refractivity contribution < 1.29 is 9.66 Å². The van der Waals surface area contributed by atoms with Crippen LogP contribution in [0.4, 0.5) is 11.4 Å². The first-order chi connectivity index (χ1) is 8.65. The molecule has 18 heavy (non-hydrogen) atoms. The molecule has 0 heterocycles. The Bertz CT molecular complexity index is 424. The molecule has 1 aromatic carbocycles. The van der Waals surface area contributed by atoms with Gasteiger partial charge in [-0.15, -0.1) is 6.58 Å². The van der Waals surface area contributed by atoms with Gasteiger partial charge in [0.15, 0.2) is 0 Å². The SMILES string of the molecule is C=CCCOCCNc1ccc(Br)cc1[N+](=O)[O-]. The zero-order chi connectivity index (χ0) is 13.4. The summed E-state index contributed by atoms with van der Waals surface area (Å²) in [6.07, 6.45) is 2.59. The number of benzene rings is 1. The molecule has 0 saturated carbocycles. The number of hydrogen-bond acceptors (Lipinski definition) is 4. The van der Waals surface area contributed by atoms with Gasteiger partial charge in [0.25, 0.3) is 5.69 Å². The monoisotopic (exact) mass is 314 g/mol. The van der Waals surface area contributed by atoms with E-state index in [9.17, 15) is 10.1 Å². The van der Waals surface area contributed by atoms with E-state index in [1.807, 2.05) is 0 Å². The molecule has 6 heteroatoms. The van der Waals surface area contributed by atoms with Crippen LogP contribution in [-0.2, 0) is 4.74 Å². The van der Waals surface area contributed by atoms with Gasteiger partial charge < -0.3 is 10.1 Å². The minimum Gasteiger partial charge on any atom is -0.379 e. The van der Waals surface area contributed by atoms with E-state index in [2.05, 4.69) is 27.8 Å². The molecule has 0 bridgehead atoms. The Morgan fingerprint density at radius 2 is 2.28 bits per heavy atom. The summed E-state index contributed by atoms with van der Waals surface area (Å²) in [6, 6.07) is 4.90. The normalized spacial score (nSPS) is 10.1. The predicted octanol–water partition coefficient (Wildman–Crippen LogP) is 3.36. The fourth-order valence-corrected chi connectivity index (χ4v) is 1.68. The Morgan fingerprint density at radius 3 is 2.94 bits per heavy atom. The van der Waals surface area contributed by atoms with Gasteiger partial charge in [0.05, 0.1) is 18.1 Å². The average Bonchev–Trinajstić information content (AvgIpc) is 2.35. The molecule has 0 unspecified atom stereocenters. The molecule has 0 aromatic heterocycles. The van der Waals surface area contributed by atoms with E-state index in [0.717, 1.165) is 6.42 Å². The molecule has 1 aromatic rings. The molecule has 0 spiro atoms. The maximum atomic E-state index is 10.9.